The summed E-state index contributed by atoms with van der Waals surface area (Å²) in [4.78, 5) is 12.8. The van der Waals surface area contributed by atoms with E-state index < -0.39 is 10.0 Å². The molecular formula is C3H2N4O3S2. The predicted octanol–water partition coefficient (Wildman–Crippen LogP) is -0.847. The molecule has 1 aromatic rings. The molecule has 2 N–H and O–H groups in total. The van der Waals surface area contributed by atoms with Gasteiger partial charge in [-0.05, 0) is 0 Å². The summed E-state index contributed by atoms with van der Waals surface area (Å²) in [6.45, 7) is 0. The van der Waals surface area contributed by atoms with Crippen molar-refractivity contribution in [3.63, 3.8) is 0 Å². The highest BCUT2D eigenvalue weighted by Gasteiger charge is 2.14. The van der Waals surface area contributed by atoms with Gasteiger partial charge in [0.25, 0.3) is 10.0 Å². The van der Waals surface area contributed by atoms with E-state index in [0.29, 0.717) is 11.3 Å². The lowest BCUT2D eigenvalue weighted by atomic mass is 11.2. The van der Waals surface area contributed by atoms with Gasteiger partial charge in [0.1, 0.15) is 0 Å². The molecule has 0 aliphatic rings. The van der Waals surface area contributed by atoms with Crippen LogP contribution in [0.25, 0.3) is 0 Å². The number of sulfonamides is 1. The first kappa shape index (κ1) is 8.94. The van der Waals surface area contributed by atoms with Crippen LogP contribution in [0.15, 0.2) is 9.33 Å². The number of hydrogen-bond donors (Lipinski definition) is 1. The van der Waals surface area contributed by atoms with Crippen LogP contribution in [0.4, 0.5) is 5.13 Å². The highest BCUT2D eigenvalue weighted by Crippen LogP contribution is 2.20. The van der Waals surface area contributed by atoms with E-state index in [0.717, 1.165) is 0 Å². The number of aromatic nitrogens is 2. The number of nitrogens with two attached hydrogens (primary N) is 1. The Morgan fingerprint density at radius 3 is 2.58 bits per heavy atom. The fourth-order valence-electron chi connectivity index (χ4n) is 0.402. The Balaban J connectivity index is 3.16. The number of aliphatic imine (C=N–C) groups is 1. The van der Waals surface area contributed by atoms with Crippen LogP contribution < -0.4 is 5.14 Å². The van der Waals surface area contributed by atoms with E-state index in [1.807, 2.05) is 0 Å². The van der Waals surface area contributed by atoms with Crippen LogP contribution in [-0.2, 0) is 14.8 Å². The van der Waals surface area contributed by atoms with E-state index in [9.17, 15) is 13.2 Å². The normalized spacial score (nSPS) is 10.8. The van der Waals surface area contributed by atoms with E-state index in [-0.39, 0.29) is 9.47 Å². The summed E-state index contributed by atoms with van der Waals surface area (Å²) in [5, 5.41) is 11.1. The third-order valence-electron chi connectivity index (χ3n) is 0.780. The molecule has 64 valence electrons. The third-order valence-corrected chi connectivity index (χ3v) is 2.91. The first-order valence-corrected chi connectivity index (χ1v) is 4.84. The monoisotopic (exact) mass is 206 g/mol. The lowest BCUT2D eigenvalue weighted by Gasteiger charge is -1.83. The summed E-state index contributed by atoms with van der Waals surface area (Å²) in [5.41, 5.74) is 0. The molecule has 1 aromatic heterocycles. The zero-order chi connectivity index (χ0) is 9.19. The number of nitrogens with zero attached hydrogens (tertiary/aromatic N) is 3. The third kappa shape index (κ3) is 1.92. The van der Waals surface area contributed by atoms with Crippen molar-refractivity contribution in [2.24, 2.45) is 10.1 Å². The molecule has 0 fully saturated rings. The molecule has 0 spiro atoms. The SMILES string of the molecule is NS(=O)(=O)c1nnc(N=C=O)s1. The van der Waals surface area contributed by atoms with Crippen LogP contribution in [0.3, 0.4) is 0 Å². The van der Waals surface area contributed by atoms with Gasteiger partial charge in [0.15, 0.2) is 0 Å². The summed E-state index contributed by atoms with van der Waals surface area (Å²) < 4.78 is 20.8. The summed E-state index contributed by atoms with van der Waals surface area (Å²) in [6.07, 6.45) is 1.20. The zero-order valence-electron chi connectivity index (χ0n) is 5.46. The van der Waals surface area contributed by atoms with Crippen LogP contribution >= 0.6 is 11.3 Å². The molecule has 0 aromatic carbocycles. The lowest BCUT2D eigenvalue weighted by Crippen LogP contribution is -2.11. The highest BCUT2D eigenvalue weighted by molar-refractivity contribution is 7.91. The Labute approximate surface area is 71.0 Å². The largest absolute Gasteiger partial charge is 0.267 e. The van der Waals surface area contributed by atoms with Crippen molar-refractivity contribution in [2.75, 3.05) is 0 Å². The van der Waals surface area contributed by atoms with Crippen molar-refractivity contribution in [1.29, 1.82) is 0 Å². The Morgan fingerprint density at radius 2 is 2.17 bits per heavy atom. The number of carbonyl (C=O) groups excluding carboxylic acids is 1. The summed E-state index contributed by atoms with van der Waals surface area (Å²) >= 11 is 0.600. The minimum Gasteiger partial charge on any atom is -0.223 e. The van der Waals surface area contributed by atoms with Crippen molar-refractivity contribution < 1.29 is 13.2 Å². The summed E-state index contributed by atoms with van der Waals surface area (Å²) in [7, 11) is -3.85. The molecule has 0 aliphatic carbocycles. The van der Waals surface area contributed by atoms with E-state index >= 15 is 0 Å². The van der Waals surface area contributed by atoms with Gasteiger partial charge < -0.3 is 0 Å². The first-order chi connectivity index (χ1) is 5.54. The van der Waals surface area contributed by atoms with Crippen molar-refractivity contribution in [3.8, 4) is 0 Å². The predicted molar refractivity (Wildman–Crippen MR) is 39.1 cm³/mol. The molecule has 0 bridgehead atoms. The maximum Gasteiger partial charge on any atom is 0.267 e. The molecule has 0 saturated heterocycles. The van der Waals surface area contributed by atoms with Crippen molar-refractivity contribution in [3.05, 3.63) is 0 Å². The molecule has 1 rings (SSSR count). The molecule has 0 aliphatic heterocycles. The second kappa shape index (κ2) is 3.07. The topological polar surface area (TPSA) is 115 Å². The Bertz CT molecular complexity index is 428. The smallest absolute Gasteiger partial charge is 0.223 e. The van der Waals surface area contributed by atoms with Crippen LogP contribution in [-0.4, -0.2) is 24.7 Å². The van der Waals surface area contributed by atoms with Crippen LogP contribution in [0.5, 0.6) is 0 Å². The standard InChI is InChI=1S/C3H2N4O3S2/c4-12(9,10)3-7-6-2(11-3)5-1-8/h(H2,4,9,10). The van der Waals surface area contributed by atoms with E-state index in [4.69, 9.17) is 5.14 Å². The van der Waals surface area contributed by atoms with Gasteiger partial charge in [-0.15, -0.1) is 15.2 Å². The maximum atomic E-state index is 10.6. The fourth-order valence-corrected chi connectivity index (χ4v) is 1.65. The van der Waals surface area contributed by atoms with Gasteiger partial charge in [0.2, 0.25) is 15.6 Å². The summed E-state index contributed by atoms with van der Waals surface area (Å²) in [6, 6.07) is 0. The number of hydrogen-bond acceptors (Lipinski definition) is 7. The molecule has 1 heterocycles. The molecule has 0 saturated carbocycles. The molecule has 0 amide bonds. The molecule has 0 unspecified atom stereocenters. The van der Waals surface area contributed by atoms with Crippen molar-refractivity contribution in [2.45, 2.75) is 4.34 Å². The molecule has 9 heteroatoms. The average Bonchev–Trinajstić information content (AvgIpc) is 2.35. The minimum absolute atomic E-state index is 0.0889. The Kier molecular flexibility index (Phi) is 2.29. The number of isocyanates is 1. The lowest BCUT2D eigenvalue weighted by molar-refractivity contribution is 0.565. The van der Waals surface area contributed by atoms with E-state index in [1.165, 1.54) is 6.08 Å². The quantitative estimate of drug-likeness (QED) is 0.500. The van der Waals surface area contributed by atoms with Crippen molar-refractivity contribution in [1.82, 2.24) is 10.2 Å². The average molecular weight is 206 g/mol. The van der Waals surface area contributed by atoms with Gasteiger partial charge in [-0.3, -0.25) is 0 Å². The van der Waals surface area contributed by atoms with Crippen molar-refractivity contribution >= 4 is 32.6 Å². The second-order valence-electron chi connectivity index (χ2n) is 1.60. The van der Waals surface area contributed by atoms with Gasteiger partial charge in [-0.25, -0.2) is 18.4 Å². The maximum absolute atomic E-state index is 10.6. The second-order valence-corrected chi connectivity index (χ2v) is 4.29. The molecule has 12 heavy (non-hydrogen) atoms. The minimum atomic E-state index is -3.85. The highest BCUT2D eigenvalue weighted by atomic mass is 32.2. The van der Waals surface area contributed by atoms with Gasteiger partial charge >= 0.3 is 0 Å². The first-order valence-electron chi connectivity index (χ1n) is 2.48. The van der Waals surface area contributed by atoms with Crippen LogP contribution in [0.2, 0.25) is 0 Å². The van der Waals surface area contributed by atoms with Gasteiger partial charge in [-0.2, -0.15) is 0 Å². The van der Waals surface area contributed by atoms with Gasteiger partial charge in [-0.1, -0.05) is 11.3 Å². The molecule has 0 atom stereocenters. The zero-order valence-corrected chi connectivity index (χ0v) is 7.09. The Morgan fingerprint density at radius 1 is 1.50 bits per heavy atom. The number of rotatable bonds is 2. The van der Waals surface area contributed by atoms with Gasteiger partial charge in [0.05, 0.1) is 0 Å². The Hall–Kier alpha value is -1.15. The molecule has 7 nitrogen and oxygen atoms in total. The number of primary sulfonamides is 1. The van der Waals surface area contributed by atoms with Crippen LogP contribution in [0, 0.1) is 0 Å². The summed E-state index contributed by atoms with van der Waals surface area (Å²) in [5.74, 6) is 0. The van der Waals surface area contributed by atoms with Gasteiger partial charge in [0, 0.05) is 0 Å². The fraction of sp³-hybridized carbons (Fsp3) is 0. The van der Waals surface area contributed by atoms with E-state index in [2.05, 4.69) is 15.2 Å². The van der Waals surface area contributed by atoms with Crippen LogP contribution in [0.1, 0.15) is 0 Å². The van der Waals surface area contributed by atoms with E-state index in [1.54, 1.807) is 0 Å². The molecular weight excluding hydrogens is 204 g/mol. The molecule has 0 radical (unpaired) electrons.